The predicted octanol–water partition coefficient (Wildman–Crippen LogP) is 3.01. The number of rotatable bonds is 6. The summed E-state index contributed by atoms with van der Waals surface area (Å²) in [7, 11) is 0. The van der Waals surface area contributed by atoms with E-state index >= 15 is 0 Å². The monoisotopic (exact) mass is 339 g/mol. The number of nitrogens with one attached hydrogen (secondary N) is 2. The van der Waals surface area contributed by atoms with Gasteiger partial charge >= 0.3 is 0 Å². The molecular weight excluding hydrogens is 318 g/mol. The predicted molar refractivity (Wildman–Crippen MR) is 94.9 cm³/mol. The second kappa shape index (κ2) is 7.34. The molecule has 6 heteroatoms. The number of pyridine rings is 1. The molecule has 130 valence electrons. The van der Waals surface area contributed by atoms with Crippen LogP contribution >= 0.6 is 0 Å². The van der Waals surface area contributed by atoms with Crippen LogP contribution in [0.1, 0.15) is 47.4 Å². The molecular formula is C19H21N3O3. The van der Waals surface area contributed by atoms with Crippen LogP contribution in [-0.4, -0.2) is 28.9 Å². The molecule has 1 saturated carbocycles. The fourth-order valence-electron chi connectivity index (χ4n) is 2.28. The van der Waals surface area contributed by atoms with Gasteiger partial charge in [0, 0.05) is 24.1 Å². The first-order chi connectivity index (χ1) is 12.0. The maximum atomic E-state index is 12.4. The highest BCUT2D eigenvalue weighted by atomic mass is 16.5. The first-order valence-corrected chi connectivity index (χ1v) is 8.35. The van der Waals surface area contributed by atoms with E-state index in [0.717, 1.165) is 18.6 Å². The number of carbonyl (C=O) groups is 2. The highest BCUT2D eigenvalue weighted by molar-refractivity contribution is 6.05. The van der Waals surface area contributed by atoms with Gasteiger partial charge in [0.15, 0.2) is 0 Å². The van der Waals surface area contributed by atoms with Crippen molar-refractivity contribution in [3.05, 3.63) is 53.9 Å². The summed E-state index contributed by atoms with van der Waals surface area (Å²) < 4.78 is 5.57. The van der Waals surface area contributed by atoms with Crippen LogP contribution in [0.25, 0.3) is 0 Å². The largest absolute Gasteiger partial charge is 0.491 e. The van der Waals surface area contributed by atoms with Crippen LogP contribution < -0.4 is 15.4 Å². The maximum Gasteiger partial charge on any atom is 0.257 e. The Morgan fingerprint density at radius 3 is 2.32 bits per heavy atom. The quantitative estimate of drug-likeness (QED) is 0.848. The second-order valence-electron chi connectivity index (χ2n) is 6.36. The number of benzene rings is 1. The van der Waals surface area contributed by atoms with Crippen molar-refractivity contribution in [1.82, 2.24) is 10.3 Å². The average Bonchev–Trinajstić information content (AvgIpc) is 3.40. The summed E-state index contributed by atoms with van der Waals surface area (Å²) in [5.74, 6) is 0.236. The lowest BCUT2D eigenvalue weighted by Crippen LogP contribution is -2.26. The molecule has 0 bridgehead atoms. The average molecular weight is 339 g/mol. The fourth-order valence-corrected chi connectivity index (χ4v) is 2.28. The van der Waals surface area contributed by atoms with Gasteiger partial charge in [0.25, 0.3) is 11.8 Å². The molecule has 0 spiro atoms. The van der Waals surface area contributed by atoms with Gasteiger partial charge in [0.05, 0.1) is 17.2 Å². The van der Waals surface area contributed by atoms with Crippen molar-refractivity contribution in [2.24, 2.45) is 0 Å². The summed E-state index contributed by atoms with van der Waals surface area (Å²) in [4.78, 5) is 28.4. The topological polar surface area (TPSA) is 80.3 Å². The molecule has 25 heavy (non-hydrogen) atoms. The van der Waals surface area contributed by atoms with Gasteiger partial charge in [0.2, 0.25) is 0 Å². The van der Waals surface area contributed by atoms with Crippen molar-refractivity contribution < 1.29 is 14.3 Å². The molecule has 0 radical (unpaired) electrons. The van der Waals surface area contributed by atoms with E-state index in [1.807, 2.05) is 13.8 Å². The molecule has 6 nitrogen and oxygen atoms in total. The molecule has 1 heterocycles. The van der Waals surface area contributed by atoms with Crippen LogP contribution in [-0.2, 0) is 0 Å². The highest BCUT2D eigenvalue weighted by Gasteiger charge is 2.24. The van der Waals surface area contributed by atoms with Gasteiger partial charge in [-0.1, -0.05) is 0 Å². The molecule has 1 aliphatic carbocycles. The van der Waals surface area contributed by atoms with Gasteiger partial charge < -0.3 is 15.4 Å². The molecule has 1 aromatic carbocycles. The smallest absolute Gasteiger partial charge is 0.257 e. The zero-order valence-corrected chi connectivity index (χ0v) is 14.3. The number of hydrogen-bond donors (Lipinski definition) is 2. The number of ether oxygens (including phenoxy) is 1. The third-order valence-electron chi connectivity index (χ3n) is 3.66. The minimum atomic E-state index is -0.314. The van der Waals surface area contributed by atoms with Gasteiger partial charge in [-0.2, -0.15) is 0 Å². The van der Waals surface area contributed by atoms with E-state index in [-0.39, 0.29) is 24.0 Å². The Hall–Kier alpha value is -2.89. The normalized spacial score (nSPS) is 13.4. The van der Waals surface area contributed by atoms with Crippen molar-refractivity contribution in [2.75, 3.05) is 5.32 Å². The van der Waals surface area contributed by atoms with Gasteiger partial charge in [-0.05, 0) is 57.0 Å². The zero-order valence-electron chi connectivity index (χ0n) is 14.3. The summed E-state index contributed by atoms with van der Waals surface area (Å²) in [5, 5.41) is 5.67. The molecule has 0 aliphatic heterocycles. The third-order valence-corrected chi connectivity index (χ3v) is 3.66. The molecule has 2 N–H and O–H groups in total. The van der Waals surface area contributed by atoms with Crippen molar-refractivity contribution >= 4 is 17.5 Å². The first kappa shape index (κ1) is 17.0. The Morgan fingerprint density at radius 2 is 1.72 bits per heavy atom. The number of anilines is 1. The Labute approximate surface area is 146 Å². The summed E-state index contributed by atoms with van der Waals surface area (Å²) in [5.41, 5.74) is 1.38. The second-order valence-corrected chi connectivity index (χ2v) is 6.36. The van der Waals surface area contributed by atoms with Crippen molar-refractivity contribution in [1.29, 1.82) is 0 Å². The summed E-state index contributed by atoms with van der Waals surface area (Å²) >= 11 is 0. The van der Waals surface area contributed by atoms with E-state index in [9.17, 15) is 9.59 Å². The van der Waals surface area contributed by atoms with E-state index < -0.39 is 0 Å². The van der Waals surface area contributed by atoms with E-state index in [0.29, 0.717) is 16.8 Å². The van der Waals surface area contributed by atoms with E-state index in [1.165, 1.54) is 12.4 Å². The molecule has 3 rings (SSSR count). The third kappa shape index (κ3) is 4.79. The van der Waals surface area contributed by atoms with Crippen molar-refractivity contribution in [3.63, 3.8) is 0 Å². The van der Waals surface area contributed by atoms with E-state index in [4.69, 9.17) is 4.74 Å². The van der Waals surface area contributed by atoms with Crippen molar-refractivity contribution in [3.8, 4) is 5.75 Å². The SMILES string of the molecule is CC(C)Oc1ccc(NC(=O)c2cncc(C(=O)NC3CC3)c2)cc1. The van der Waals surface area contributed by atoms with Crippen LogP contribution in [0.2, 0.25) is 0 Å². The maximum absolute atomic E-state index is 12.4. The number of hydrogen-bond acceptors (Lipinski definition) is 4. The van der Waals surface area contributed by atoms with Gasteiger partial charge in [-0.15, -0.1) is 0 Å². The van der Waals surface area contributed by atoms with Gasteiger partial charge in [-0.3, -0.25) is 14.6 Å². The number of amides is 2. The Morgan fingerprint density at radius 1 is 1.08 bits per heavy atom. The van der Waals surface area contributed by atoms with Crippen LogP contribution in [0.5, 0.6) is 5.75 Å². The highest BCUT2D eigenvalue weighted by Crippen LogP contribution is 2.20. The first-order valence-electron chi connectivity index (χ1n) is 8.35. The zero-order chi connectivity index (χ0) is 17.8. The Kier molecular flexibility index (Phi) is 4.97. The Balaban J connectivity index is 1.65. The molecule has 2 aromatic rings. The molecule has 0 saturated heterocycles. The van der Waals surface area contributed by atoms with Crippen molar-refractivity contribution in [2.45, 2.75) is 38.8 Å². The van der Waals surface area contributed by atoms with Gasteiger partial charge in [-0.25, -0.2) is 0 Å². The molecule has 0 unspecified atom stereocenters. The molecule has 2 amide bonds. The number of aromatic nitrogens is 1. The summed E-state index contributed by atoms with van der Waals surface area (Å²) in [6, 6.07) is 8.95. The standard InChI is InChI=1S/C19H21N3O3/c1-12(2)25-17-7-5-16(6-8-17)22-19(24)14-9-13(10-20-11-14)18(23)21-15-3-4-15/h5-12,15H,3-4H2,1-2H3,(H,21,23)(H,22,24). The minimum Gasteiger partial charge on any atom is -0.491 e. The van der Waals surface area contributed by atoms with E-state index in [2.05, 4.69) is 15.6 Å². The Bertz CT molecular complexity index is 768. The molecule has 1 aromatic heterocycles. The number of nitrogens with zero attached hydrogens (tertiary/aromatic N) is 1. The summed E-state index contributed by atoms with van der Waals surface area (Å²) in [6.07, 6.45) is 5.02. The fraction of sp³-hybridized carbons (Fsp3) is 0.316. The molecule has 1 fully saturated rings. The van der Waals surface area contributed by atoms with Crippen LogP contribution in [0.3, 0.4) is 0 Å². The molecule has 1 aliphatic rings. The lowest BCUT2D eigenvalue weighted by Gasteiger charge is -2.11. The lowest BCUT2D eigenvalue weighted by molar-refractivity contribution is 0.0950. The minimum absolute atomic E-state index is 0.0936. The lowest BCUT2D eigenvalue weighted by atomic mass is 10.1. The van der Waals surface area contributed by atoms with Crippen LogP contribution in [0.4, 0.5) is 5.69 Å². The van der Waals surface area contributed by atoms with Crippen LogP contribution in [0.15, 0.2) is 42.7 Å². The molecule has 0 atom stereocenters. The van der Waals surface area contributed by atoms with E-state index in [1.54, 1.807) is 30.3 Å². The van der Waals surface area contributed by atoms with Crippen LogP contribution in [0, 0.1) is 0 Å². The number of carbonyl (C=O) groups excluding carboxylic acids is 2. The van der Waals surface area contributed by atoms with Gasteiger partial charge in [0.1, 0.15) is 5.75 Å². The summed E-state index contributed by atoms with van der Waals surface area (Å²) in [6.45, 7) is 3.91.